The first-order valence-electron chi connectivity index (χ1n) is 9.64. The zero-order valence-electron chi connectivity index (χ0n) is 18.5. The molecule has 2 aromatic carbocycles. The largest absolute Gasteiger partial charge is 0.352 e. The Morgan fingerprint density at radius 3 is 2.13 bits per heavy atom. The number of halogens is 1. The first kappa shape index (κ1) is 26.4. The molecular weight excluding hydrogens is 511 g/mol. The molecule has 0 aliphatic rings. The van der Waals surface area contributed by atoms with Gasteiger partial charge >= 0.3 is 0 Å². The molecule has 0 spiro atoms. The molecule has 0 saturated heterocycles. The van der Waals surface area contributed by atoms with Crippen LogP contribution in [0.4, 0.5) is 0 Å². The van der Waals surface area contributed by atoms with Crippen molar-refractivity contribution in [1.29, 1.82) is 0 Å². The van der Waals surface area contributed by atoms with Crippen LogP contribution < -0.4 is 15.4 Å². The molecule has 3 N–H and O–H groups in total. The molecule has 0 unspecified atom stereocenters. The number of guanidine groups is 1. The molecule has 0 aliphatic heterocycles. The zero-order chi connectivity index (χ0) is 21.7. The van der Waals surface area contributed by atoms with E-state index in [2.05, 4.69) is 52.4 Å². The van der Waals surface area contributed by atoms with E-state index in [0.717, 1.165) is 0 Å². The van der Waals surface area contributed by atoms with Crippen LogP contribution in [0.15, 0.2) is 52.4 Å². The maximum Gasteiger partial charge on any atom is 0.241 e. The fourth-order valence-corrected chi connectivity index (χ4v) is 4.65. The lowest BCUT2D eigenvalue weighted by Crippen LogP contribution is -2.41. The standard InChI is InChI=1S/C22H32N4O2S.HI/c1-16-11-12-18(17(2)13-16)14-24-21(23-6)25-15-19-9-7-8-10-20(19)29(27,28)26-22(3,4)5;/h7-13,26H,14-15H2,1-6H3,(H2,23,24,25);1H. The Morgan fingerprint density at radius 1 is 0.967 bits per heavy atom. The molecule has 0 aliphatic carbocycles. The highest BCUT2D eigenvalue weighted by Crippen LogP contribution is 2.17. The van der Waals surface area contributed by atoms with Crippen molar-refractivity contribution in [3.8, 4) is 0 Å². The fourth-order valence-electron chi connectivity index (χ4n) is 2.99. The van der Waals surface area contributed by atoms with Gasteiger partial charge in [0.2, 0.25) is 10.0 Å². The van der Waals surface area contributed by atoms with Crippen molar-refractivity contribution in [3.63, 3.8) is 0 Å². The van der Waals surface area contributed by atoms with Gasteiger partial charge in [0.05, 0.1) is 4.90 Å². The summed E-state index contributed by atoms with van der Waals surface area (Å²) in [5, 5.41) is 6.50. The third kappa shape index (κ3) is 7.88. The molecule has 0 saturated carbocycles. The van der Waals surface area contributed by atoms with Crippen molar-refractivity contribution in [2.45, 2.75) is 58.1 Å². The minimum absolute atomic E-state index is 0. The van der Waals surface area contributed by atoms with Crippen LogP contribution in [-0.2, 0) is 23.1 Å². The van der Waals surface area contributed by atoms with E-state index in [9.17, 15) is 8.42 Å². The summed E-state index contributed by atoms with van der Waals surface area (Å²) < 4.78 is 28.3. The molecule has 6 nitrogen and oxygen atoms in total. The molecule has 166 valence electrons. The lowest BCUT2D eigenvalue weighted by atomic mass is 10.1. The van der Waals surface area contributed by atoms with Crippen LogP contribution in [0.5, 0.6) is 0 Å². The highest BCUT2D eigenvalue weighted by Gasteiger charge is 2.24. The van der Waals surface area contributed by atoms with Crippen LogP contribution in [0, 0.1) is 13.8 Å². The highest BCUT2D eigenvalue weighted by molar-refractivity contribution is 14.0. The Hall–Kier alpha value is -1.65. The maximum atomic E-state index is 12.8. The molecular formula is C22H33IN4O2S. The number of rotatable bonds is 6. The molecule has 0 amide bonds. The molecule has 8 heteroatoms. The monoisotopic (exact) mass is 544 g/mol. The summed E-state index contributed by atoms with van der Waals surface area (Å²) in [5.74, 6) is 0.612. The number of nitrogens with one attached hydrogen (secondary N) is 3. The summed E-state index contributed by atoms with van der Waals surface area (Å²) in [6, 6.07) is 13.3. The highest BCUT2D eigenvalue weighted by atomic mass is 127. The van der Waals surface area contributed by atoms with Gasteiger partial charge < -0.3 is 10.6 Å². The van der Waals surface area contributed by atoms with Crippen LogP contribution in [0.3, 0.4) is 0 Å². The minimum atomic E-state index is -3.62. The quantitative estimate of drug-likeness (QED) is 0.293. The second-order valence-electron chi connectivity index (χ2n) is 8.17. The lowest BCUT2D eigenvalue weighted by molar-refractivity contribution is 0.491. The van der Waals surface area contributed by atoms with Crippen LogP contribution in [0.2, 0.25) is 0 Å². The summed E-state index contributed by atoms with van der Waals surface area (Å²) >= 11 is 0. The number of benzene rings is 2. The van der Waals surface area contributed by atoms with Crippen LogP contribution in [0.1, 0.15) is 43.0 Å². The number of nitrogens with zero attached hydrogens (tertiary/aromatic N) is 1. The summed E-state index contributed by atoms with van der Waals surface area (Å²) in [4.78, 5) is 4.52. The van der Waals surface area contributed by atoms with E-state index in [4.69, 9.17) is 0 Å². The van der Waals surface area contributed by atoms with Gasteiger partial charge in [-0.05, 0) is 57.4 Å². The maximum absolute atomic E-state index is 12.8. The van der Waals surface area contributed by atoms with Gasteiger partial charge in [-0.3, -0.25) is 4.99 Å². The first-order valence-corrected chi connectivity index (χ1v) is 11.1. The van der Waals surface area contributed by atoms with Crippen molar-refractivity contribution < 1.29 is 8.42 Å². The summed E-state index contributed by atoms with van der Waals surface area (Å²) in [5.41, 5.74) is 3.77. The molecule has 0 atom stereocenters. The SMILES string of the molecule is CN=C(NCc1ccc(C)cc1C)NCc1ccccc1S(=O)(=O)NC(C)(C)C.I. The number of sulfonamides is 1. The average Bonchev–Trinajstić information content (AvgIpc) is 2.61. The Kier molecular flexibility index (Phi) is 9.77. The van der Waals surface area contributed by atoms with Crippen molar-refractivity contribution in [2.24, 2.45) is 4.99 Å². The van der Waals surface area contributed by atoms with Crippen molar-refractivity contribution >= 4 is 40.0 Å². The summed E-state index contributed by atoms with van der Waals surface area (Å²) in [7, 11) is -1.92. The third-order valence-corrected chi connectivity index (χ3v) is 6.18. The van der Waals surface area contributed by atoms with E-state index in [-0.39, 0.29) is 28.9 Å². The van der Waals surface area contributed by atoms with E-state index >= 15 is 0 Å². The van der Waals surface area contributed by atoms with Gasteiger partial charge in [-0.2, -0.15) is 0 Å². The second kappa shape index (κ2) is 11.1. The second-order valence-corrected chi connectivity index (χ2v) is 9.82. The predicted octanol–water partition coefficient (Wildman–Crippen LogP) is 3.86. The van der Waals surface area contributed by atoms with Crippen molar-refractivity contribution in [3.05, 3.63) is 64.7 Å². The summed E-state index contributed by atoms with van der Waals surface area (Å²) in [6.07, 6.45) is 0. The van der Waals surface area contributed by atoms with Gasteiger partial charge in [0.25, 0.3) is 0 Å². The Labute approximate surface area is 198 Å². The van der Waals surface area contributed by atoms with Crippen LogP contribution in [0.25, 0.3) is 0 Å². The van der Waals surface area contributed by atoms with E-state index < -0.39 is 15.6 Å². The van der Waals surface area contributed by atoms with Crippen LogP contribution >= 0.6 is 24.0 Å². The molecule has 2 aromatic rings. The lowest BCUT2D eigenvalue weighted by Gasteiger charge is -2.22. The molecule has 0 aromatic heterocycles. The van der Waals surface area contributed by atoms with E-state index in [1.807, 2.05) is 32.9 Å². The first-order chi connectivity index (χ1) is 13.5. The van der Waals surface area contributed by atoms with Gasteiger partial charge in [0, 0.05) is 25.7 Å². The van der Waals surface area contributed by atoms with Gasteiger partial charge in [0.15, 0.2) is 5.96 Å². The van der Waals surface area contributed by atoms with Crippen molar-refractivity contribution in [1.82, 2.24) is 15.4 Å². The van der Waals surface area contributed by atoms with E-state index in [0.29, 0.717) is 24.6 Å². The molecule has 0 radical (unpaired) electrons. The van der Waals surface area contributed by atoms with Crippen molar-refractivity contribution in [2.75, 3.05) is 7.05 Å². The predicted molar refractivity (Wildman–Crippen MR) is 135 cm³/mol. The third-order valence-electron chi connectivity index (χ3n) is 4.32. The Morgan fingerprint density at radius 2 is 1.57 bits per heavy atom. The summed E-state index contributed by atoms with van der Waals surface area (Å²) in [6.45, 7) is 10.6. The molecule has 30 heavy (non-hydrogen) atoms. The van der Waals surface area contributed by atoms with Gasteiger partial charge in [-0.25, -0.2) is 13.1 Å². The van der Waals surface area contributed by atoms with Gasteiger partial charge in [-0.15, -0.1) is 24.0 Å². The van der Waals surface area contributed by atoms with Gasteiger partial charge in [0.1, 0.15) is 0 Å². The molecule has 0 heterocycles. The van der Waals surface area contributed by atoms with Crippen LogP contribution in [-0.4, -0.2) is 27.0 Å². The Balaban J connectivity index is 0.00000450. The number of aryl methyl sites for hydroxylation is 2. The average molecular weight is 545 g/mol. The van der Waals surface area contributed by atoms with E-state index in [1.54, 1.807) is 19.2 Å². The number of aliphatic imine (C=N–C) groups is 1. The Bertz CT molecular complexity index is 983. The zero-order valence-corrected chi connectivity index (χ0v) is 21.7. The number of hydrogen-bond acceptors (Lipinski definition) is 3. The van der Waals surface area contributed by atoms with E-state index in [1.165, 1.54) is 16.7 Å². The number of hydrogen-bond donors (Lipinski definition) is 3. The molecule has 0 bridgehead atoms. The normalized spacial score (nSPS) is 12.3. The topological polar surface area (TPSA) is 82.6 Å². The minimum Gasteiger partial charge on any atom is -0.352 e. The molecule has 0 fully saturated rings. The fraction of sp³-hybridized carbons (Fsp3) is 0.409. The smallest absolute Gasteiger partial charge is 0.241 e. The molecule has 2 rings (SSSR count). The van der Waals surface area contributed by atoms with Gasteiger partial charge in [-0.1, -0.05) is 42.0 Å².